The lowest BCUT2D eigenvalue weighted by molar-refractivity contribution is 0.336. The zero-order valence-corrected chi connectivity index (χ0v) is 15.2. The second-order valence-corrected chi connectivity index (χ2v) is 6.41. The minimum Gasteiger partial charge on any atom is -0.492 e. The van der Waals surface area contributed by atoms with E-state index in [4.69, 9.17) is 4.74 Å². The summed E-state index contributed by atoms with van der Waals surface area (Å²) in [7, 11) is 0. The quantitative estimate of drug-likeness (QED) is 0.734. The summed E-state index contributed by atoms with van der Waals surface area (Å²) >= 11 is 7.12. The van der Waals surface area contributed by atoms with Crippen LogP contribution in [0.1, 0.15) is 31.0 Å². The van der Waals surface area contributed by atoms with E-state index < -0.39 is 0 Å². The third kappa shape index (κ3) is 4.53. The Balaban J connectivity index is 2.04. The molecule has 1 N–H and O–H groups in total. The molecular weight excluding hydrogens is 396 g/mol. The maximum atomic E-state index is 5.60. The van der Waals surface area contributed by atoms with Gasteiger partial charge in [0.25, 0.3) is 0 Å². The lowest BCUT2D eigenvalue weighted by Gasteiger charge is -2.15. The van der Waals surface area contributed by atoms with E-state index in [1.165, 1.54) is 11.1 Å². The average Bonchev–Trinajstić information content (AvgIpc) is 2.49. The molecule has 0 spiro atoms. The van der Waals surface area contributed by atoms with Gasteiger partial charge in [0.2, 0.25) is 0 Å². The Morgan fingerprint density at radius 2 is 1.81 bits per heavy atom. The zero-order chi connectivity index (χ0) is 15.2. The van der Waals surface area contributed by atoms with Gasteiger partial charge in [-0.1, -0.05) is 0 Å². The van der Waals surface area contributed by atoms with Crippen LogP contribution in [-0.4, -0.2) is 11.6 Å². The Morgan fingerprint density at radius 1 is 1.19 bits per heavy atom. The second kappa shape index (κ2) is 7.92. The smallest absolute Gasteiger partial charge is 0.147 e. The fraction of sp³-hybridized carbons (Fsp3) is 0.312. The summed E-state index contributed by atoms with van der Waals surface area (Å²) in [6, 6.07) is 8.50. The van der Waals surface area contributed by atoms with E-state index in [1.807, 2.05) is 31.5 Å². The van der Waals surface area contributed by atoms with E-state index >= 15 is 0 Å². The van der Waals surface area contributed by atoms with Crippen LogP contribution in [-0.2, 0) is 6.54 Å². The highest BCUT2D eigenvalue weighted by Crippen LogP contribution is 2.34. The number of hydrogen-bond donors (Lipinski definition) is 1. The van der Waals surface area contributed by atoms with E-state index in [9.17, 15) is 0 Å². The molecule has 0 aliphatic heterocycles. The van der Waals surface area contributed by atoms with Crippen molar-refractivity contribution < 1.29 is 4.74 Å². The molecule has 0 aliphatic rings. The first-order chi connectivity index (χ1) is 10.1. The number of rotatable bonds is 6. The predicted molar refractivity (Wildman–Crippen MR) is 92.5 cm³/mol. The molecule has 0 fully saturated rings. The first-order valence-electron chi connectivity index (χ1n) is 6.85. The molecular formula is C16H18Br2N2O. The second-order valence-electron chi connectivity index (χ2n) is 4.70. The molecule has 1 atom stereocenters. The number of aromatic nitrogens is 1. The molecule has 3 nitrogen and oxygen atoms in total. The van der Waals surface area contributed by atoms with Crippen LogP contribution in [0.25, 0.3) is 0 Å². The van der Waals surface area contributed by atoms with E-state index in [1.54, 1.807) is 0 Å². The van der Waals surface area contributed by atoms with E-state index in [0.29, 0.717) is 6.61 Å². The molecule has 1 heterocycles. The number of pyridine rings is 1. The van der Waals surface area contributed by atoms with E-state index in [2.05, 4.69) is 61.2 Å². The molecule has 0 bridgehead atoms. The molecule has 0 radical (unpaired) electrons. The first-order valence-corrected chi connectivity index (χ1v) is 8.44. The monoisotopic (exact) mass is 412 g/mol. The van der Waals surface area contributed by atoms with Crippen LogP contribution >= 0.6 is 31.9 Å². The number of hydrogen-bond acceptors (Lipinski definition) is 3. The normalized spacial score (nSPS) is 12.2. The van der Waals surface area contributed by atoms with Gasteiger partial charge in [0.05, 0.1) is 15.6 Å². The highest BCUT2D eigenvalue weighted by atomic mass is 79.9. The van der Waals surface area contributed by atoms with Gasteiger partial charge >= 0.3 is 0 Å². The minimum absolute atomic E-state index is 0.275. The van der Waals surface area contributed by atoms with Crippen molar-refractivity contribution in [3.63, 3.8) is 0 Å². The summed E-state index contributed by atoms with van der Waals surface area (Å²) in [4.78, 5) is 4.04. The number of ether oxygens (including phenoxy) is 1. The van der Waals surface area contributed by atoms with Gasteiger partial charge in [-0.25, -0.2) is 0 Å². The van der Waals surface area contributed by atoms with Crippen LogP contribution in [0.3, 0.4) is 0 Å². The molecule has 1 aromatic carbocycles. The van der Waals surface area contributed by atoms with Gasteiger partial charge in [0, 0.05) is 25.0 Å². The van der Waals surface area contributed by atoms with Gasteiger partial charge < -0.3 is 10.1 Å². The Bertz CT molecular complexity index is 567. The van der Waals surface area contributed by atoms with Gasteiger partial charge in [0.1, 0.15) is 5.75 Å². The van der Waals surface area contributed by atoms with Crippen molar-refractivity contribution in [3.8, 4) is 5.75 Å². The summed E-state index contributed by atoms with van der Waals surface area (Å²) in [5.41, 5.74) is 2.42. The maximum absolute atomic E-state index is 5.60. The largest absolute Gasteiger partial charge is 0.492 e. The summed E-state index contributed by atoms with van der Waals surface area (Å²) in [5.74, 6) is 0.850. The number of halogens is 2. The molecule has 21 heavy (non-hydrogen) atoms. The number of nitrogens with zero attached hydrogens (tertiary/aromatic N) is 1. The molecule has 2 aromatic rings. The van der Waals surface area contributed by atoms with Gasteiger partial charge in [-0.2, -0.15) is 0 Å². The van der Waals surface area contributed by atoms with Crippen molar-refractivity contribution in [2.75, 3.05) is 6.61 Å². The Kier molecular flexibility index (Phi) is 6.21. The number of nitrogens with one attached hydrogen (secondary N) is 1. The Hall–Kier alpha value is -0.910. The van der Waals surface area contributed by atoms with Crippen molar-refractivity contribution >= 4 is 31.9 Å². The summed E-state index contributed by atoms with van der Waals surface area (Å²) < 4.78 is 7.53. The molecule has 0 amide bonds. The summed E-state index contributed by atoms with van der Waals surface area (Å²) in [5, 5.41) is 3.51. The zero-order valence-electron chi connectivity index (χ0n) is 12.1. The molecule has 112 valence electrons. The van der Waals surface area contributed by atoms with Crippen molar-refractivity contribution in [2.24, 2.45) is 0 Å². The standard InChI is InChI=1S/C16H18Br2N2O/c1-3-21-16-14(17)8-12(9-15(16)18)10-20-11(2)13-4-6-19-7-5-13/h4-9,11,20H,3,10H2,1-2H3. The molecule has 5 heteroatoms. The topological polar surface area (TPSA) is 34.1 Å². The van der Waals surface area contributed by atoms with Gasteiger partial charge in [0.15, 0.2) is 0 Å². The molecule has 0 aliphatic carbocycles. The Morgan fingerprint density at radius 3 is 2.38 bits per heavy atom. The molecule has 1 aromatic heterocycles. The fourth-order valence-electron chi connectivity index (χ4n) is 2.04. The molecule has 0 saturated heterocycles. The lowest BCUT2D eigenvalue weighted by Crippen LogP contribution is -2.18. The van der Waals surface area contributed by atoms with Crippen LogP contribution in [0.4, 0.5) is 0 Å². The van der Waals surface area contributed by atoms with Crippen LogP contribution < -0.4 is 10.1 Å². The molecule has 1 unspecified atom stereocenters. The molecule has 2 rings (SSSR count). The lowest BCUT2D eigenvalue weighted by atomic mass is 10.1. The Labute approximate surface area is 142 Å². The van der Waals surface area contributed by atoms with Gasteiger partial charge in [-0.05, 0) is 81.1 Å². The SMILES string of the molecule is CCOc1c(Br)cc(CNC(C)c2ccncc2)cc1Br. The van der Waals surface area contributed by atoms with Gasteiger partial charge in [-0.3, -0.25) is 4.98 Å². The first kappa shape index (κ1) is 16.5. The van der Waals surface area contributed by atoms with Crippen molar-refractivity contribution in [3.05, 3.63) is 56.7 Å². The van der Waals surface area contributed by atoms with Crippen molar-refractivity contribution in [1.82, 2.24) is 10.3 Å². The van der Waals surface area contributed by atoms with Crippen molar-refractivity contribution in [1.29, 1.82) is 0 Å². The third-order valence-electron chi connectivity index (χ3n) is 3.17. The summed E-state index contributed by atoms with van der Waals surface area (Å²) in [6.45, 7) is 5.56. The van der Waals surface area contributed by atoms with Crippen LogP contribution in [0.15, 0.2) is 45.6 Å². The van der Waals surface area contributed by atoms with Crippen LogP contribution in [0, 0.1) is 0 Å². The van der Waals surface area contributed by atoms with Gasteiger partial charge in [-0.15, -0.1) is 0 Å². The molecule has 0 saturated carbocycles. The van der Waals surface area contributed by atoms with Crippen LogP contribution in [0.2, 0.25) is 0 Å². The fourth-order valence-corrected chi connectivity index (χ4v) is 3.55. The summed E-state index contributed by atoms with van der Waals surface area (Å²) in [6.07, 6.45) is 3.63. The highest BCUT2D eigenvalue weighted by Gasteiger charge is 2.10. The average molecular weight is 414 g/mol. The predicted octanol–water partition coefficient (Wildman–Crippen LogP) is 4.86. The highest BCUT2D eigenvalue weighted by molar-refractivity contribution is 9.11. The van der Waals surface area contributed by atoms with Crippen LogP contribution in [0.5, 0.6) is 5.75 Å². The maximum Gasteiger partial charge on any atom is 0.147 e. The number of benzene rings is 1. The van der Waals surface area contributed by atoms with Crippen molar-refractivity contribution in [2.45, 2.75) is 26.4 Å². The van der Waals surface area contributed by atoms with E-state index in [-0.39, 0.29) is 6.04 Å². The third-order valence-corrected chi connectivity index (χ3v) is 4.34. The van der Waals surface area contributed by atoms with E-state index in [0.717, 1.165) is 21.2 Å². The minimum atomic E-state index is 0.275.